The second kappa shape index (κ2) is 6.61. The monoisotopic (exact) mass is 365 g/mol. The molecule has 2 aromatic carbocycles. The number of nitrogens with zero attached hydrogens (tertiary/aromatic N) is 2. The number of hydrogen-bond acceptors (Lipinski definition) is 3. The van der Waals surface area contributed by atoms with Crippen molar-refractivity contribution in [2.45, 2.75) is 32.1 Å². The molecule has 1 saturated carbocycles. The molecule has 1 aliphatic rings. The number of amides is 1. The molecule has 6 heteroatoms. The molecule has 0 spiro atoms. The van der Waals surface area contributed by atoms with Gasteiger partial charge in [0.05, 0.1) is 10.9 Å². The molecule has 1 aliphatic carbocycles. The number of hydrogen-bond donors (Lipinski definition) is 1. The SMILES string of the molecule is CC(C)c1nc2ccccc2c(=O)n1NC(=O)C1CC1c1ccc(F)cc1. The van der Waals surface area contributed by atoms with E-state index in [1.54, 1.807) is 30.3 Å². The van der Waals surface area contributed by atoms with Crippen molar-refractivity contribution < 1.29 is 9.18 Å². The van der Waals surface area contributed by atoms with Crippen LogP contribution in [-0.2, 0) is 4.79 Å². The smallest absolute Gasteiger partial charge is 0.273 e. The molecule has 1 aromatic heterocycles. The van der Waals surface area contributed by atoms with E-state index in [4.69, 9.17) is 0 Å². The molecule has 3 aromatic rings. The quantitative estimate of drug-likeness (QED) is 0.769. The van der Waals surface area contributed by atoms with Crippen LogP contribution in [0.4, 0.5) is 4.39 Å². The maximum absolute atomic E-state index is 13.1. The second-order valence-electron chi connectivity index (χ2n) is 7.26. The van der Waals surface area contributed by atoms with E-state index in [0.717, 1.165) is 5.56 Å². The van der Waals surface area contributed by atoms with Crippen molar-refractivity contribution in [1.82, 2.24) is 9.66 Å². The van der Waals surface area contributed by atoms with E-state index in [-0.39, 0.29) is 35.0 Å². The second-order valence-corrected chi connectivity index (χ2v) is 7.26. The van der Waals surface area contributed by atoms with Gasteiger partial charge in [-0.1, -0.05) is 38.1 Å². The van der Waals surface area contributed by atoms with Gasteiger partial charge in [-0.15, -0.1) is 0 Å². The van der Waals surface area contributed by atoms with E-state index >= 15 is 0 Å². The van der Waals surface area contributed by atoms with Gasteiger partial charge in [0.2, 0.25) is 5.91 Å². The maximum atomic E-state index is 13.1. The molecule has 1 fully saturated rings. The molecular weight excluding hydrogens is 345 g/mol. The average Bonchev–Trinajstić information content (AvgIpc) is 3.45. The summed E-state index contributed by atoms with van der Waals surface area (Å²) in [4.78, 5) is 30.2. The number of nitrogens with one attached hydrogen (secondary N) is 1. The van der Waals surface area contributed by atoms with Gasteiger partial charge in [0.15, 0.2) is 0 Å². The minimum absolute atomic E-state index is 0.0327. The Hall–Kier alpha value is -3.02. The van der Waals surface area contributed by atoms with Gasteiger partial charge in [-0.05, 0) is 42.2 Å². The number of carbonyl (C=O) groups excluding carboxylic acids is 1. The summed E-state index contributed by atoms with van der Waals surface area (Å²) in [7, 11) is 0. The van der Waals surface area contributed by atoms with E-state index < -0.39 is 0 Å². The highest BCUT2D eigenvalue weighted by Gasteiger charge is 2.44. The van der Waals surface area contributed by atoms with Gasteiger partial charge >= 0.3 is 0 Å². The first-order chi connectivity index (χ1) is 13.0. The molecule has 1 amide bonds. The van der Waals surface area contributed by atoms with Crippen molar-refractivity contribution in [3.8, 4) is 0 Å². The van der Waals surface area contributed by atoms with E-state index in [0.29, 0.717) is 23.1 Å². The fourth-order valence-corrected chi connectivity index (χ4v) is 3.40. The number of halogens is 1. The lowest BCUT2D eigenvalue weighted by Gasteiger charge is -2.16. The molecule has 4 rings (SSSR count). The third-order valence-corrected chi connectivity index (χ3v) is 4.97. The van der Waals surface area contributed by atoms with Gasteiger partial charge in [-0.2, -0.15) is 0 Å². The molecule has 0 aliphatic heterocycles. The largest absolute Gasteiger partial charge is 0.280 e. The molecule has 1 N–H and O–H groups in total. The summed E-state index contributed by atoms with van der Waals surface area (Å²) in [5.41, 5.74) is 4.03. The Kier molecular flexibility index (Phi) is 4.26. The number of benzene rings is 2. The Morgan fingerprint density at radius 3 is 2.59 bits per heavy atom. The highest BCUT2D eigenvalue weighted by atomic mass is 19.1. The summed E-state index contributed by atoms with van der Waals surface area (Å²) in [6, 6.07) is 13.3. The number of fused-ring (bicyclic) bond motifs is 1. The summed E-state index contributed by atoms with van der Waals surface area (Å²) in [6.07, 6.45) is 0.685. The Labute approximate surface area is 155 Å². The van der Waals surface area contributed by atoms with Crippen LogP contribution in [0.2, 0.25) is 0 Å². The van der Waals surface area contributed by atoms with Crippen LogP contribution < -0.4 is 11.0 Å². The molecule has 2 unspecified atom stereocenters. The number of para-hydroxylation sites is 1. The average molecular weight is 365 g/mol. The highest BCUT2D eigenvalue weighted by Crippen LogP contribution is 2.47. The zero-order valence-electron chi connectivity index (χ0n) is 15.1. The highest BCUT2D eigenvalue weighted by molar-refractivity contribution is 5.90. The lowest BCUT2D eigenvalue weighted by Crippen LogP contribution is -2.37. The van der Waals surface area contributed by atoms with Gasteiger partial charge in [0.25, 0.3) is 5.56 Å². The number of rotatable bonds is 4. The van der Waals surface area contributed by atoms with Gasteiger partial charge in [0.1, 0.15) is 11.6 Å². The standard InChI is InChI=1S/C21H20FN3O2/c1-12(2)19-23-18-6-4-3-5-15(18)21(27)25(19)24-20(26)17-11-16(17)13-7-9-14(22)10-8-13/h3-10,12,16-17H,11H2,1-2H3,(H,24,26). The fourth-order valence-electron chi connectivity index (χ4n) is 3.40. The van der Waals surface area contributed by atoms with Crippen LogP contribution in [0.25, 0.3) is 10.9 Å². The van der Waals surface area contributed by atoms with Crippen molar-refractivity contribution in [3.63, 3.8) is 0 Å². The van der Waals surface area contributed by atoms with Gasteiger partial charge in [-0.3, -0.25) is 15.0 Å². The fraction of sp³-hybridized carbons (Fsp3) is 0.286. The zero-order valence-corrected chi connectivity index (χ0v) is 15.1. The molecule has 0 radical (unpaired) electrons. The molecular formula is C21H20FN3O2. The van der Waals surface area contributed by atoms with Crippen molar-refractivity contribution in [3.05, 3.63) is 76.1 Å². The lowest BCUT2D eigenvalue weighted by molar-refractivity contribution is -0.118. The maximum Gasteiger partial charge on any atom is 0.280 e. The minimum Gasteiger partial charge on any atom is -0.273 e. The van der Waals surface area contributed by atoms with Crippen molar-refractivity contribution in [2.24, 2.45) is 5.92 Å². The minimum atomic E-state index is -0.296. The summed E-state index contributed by atoms with van der Waals surface area (Å²) in [5.74, 6) is -0.201. The first-order valence-electron chi connectivity index (χ1n) is 9.03. The van der Waals surface area contributed by atoms with E-state index in [9.17, 15) is 14.0 Å². The molecule has 1 heterocycles. The normalized spacial score (nSPS) is 18.7. The van der Waals surface area contributed by atoms with Gasteiger partial charge < -0.3 is 0 Å². The van der Waals surface area contributed by atoms with E-state index in [1.165, 1.54) is 16.8 Å². The topological polar surface area (TPSA) is 64.0 Å². The number of carbonyl (C=O) groups is 1. The molecule has 0 bridgehead atoms. The molecule has 27 heavy (non-hydrogen) atoms. The van der Waals surface area contributed by atoms with Gasteiger partial charge in [0, 0.05) is 11.8 Å². The van der Waals surface area contributed by atoms with Crippen LogP contribution in [0, 0.1) is 11.7 Å². The molecule has 138 valence electrons. The lowest BCUT2D eigenvalue weighted by atomic mass is 10.1. The predicted octanol–water partition coefficient (Wildman–Crippen LogP) is 3.53. The van der Waals surface area contributed by atoms with Crippen molar-refractivity contribution in [1.29, 1.82) is 0 Å². The summed E-state index contributed by atoms with van der Waals surface area (Å²) >= 11 is 0. The summed E-state index contributed by atoms with van der Waals surface area (Å²) in [6.45, 7) is 3.86. The van der Waals surface area contributed by atoms with Crippen molar-refractivity contribution >= 4 is 16.8 Å². The number of aromatic nitrogens is 2. The molecule has 5 nitrogen and oxygen atoms in total. The molecule has 2 atom stereocenters. The van der Waals surface area contributed by atoms with E-state index in [2.05, 4.69) is 10.4 Å². The van der Waals surface area contributed by atoms with Crippen LogP contribution in [0.15, 0.2) is 53.3 Å². The van der Waals surface area contributed by atoms with Crippen LogP contribution in [0.5, 0.6) is 0 Å². The van der Waals surface area contributed by atoms with Crippen LogP contribution in [0.3, 0.4) is 0 Å². The van der Waals surface area contributed by atoms with Gasteiger partial charge in [-0.25, -0.2) is 14.1 Å². The Bertz CT molecular complexity index is 1070. The Balaban J connectivity index is 1.62. The molecule has 0 saturated heterocycles. The van der Waals surface area contributed by atoms with Crippen molar-refractivity contribution in [2.75, 3.05) is 5.43 Å². The third kappa shape index (κ3) is 3.23. The van der Waals surface area contributed by atoms with E-state index in [1.807, 2.05) is 19.9 Å². The van der Waals surface area contributed by atoms with Crippen LogP contribution in [-0.4, -0.2) is 15.6 Å². The summed E-state index contributed by atoms with van der Waals surface area (Å²) < 4.78 is 14.4. The summed E-state index contributed by atoms with van der Waals surface area (Å²) in [5, 5.41) is 0.466. The Morgan fingerprint density at radius 2 is 1.89 bits per heavy atom. The third-order valence-electron chi connectivity index (χ3n) is 4.97. The Morgan fingerprint density at radius 1 is 1.19 bits per heavy atom. The zero-order chi connectivity index (χ0) is 19.1. The van der Waals surface area contributed by atoms with Crippen LogP contribution in [0.1, 0.15) is 43.5 Å². The predicted molar refractivity (Wildman–Crippen MR) is 102 cm³/mol. The first kappa shape index (κ1) is 17.4. The first-order valence-corrected chi connectivity index (χ1v) is 9.03. The van der Waals surface area contributed by atoms with Crippen LogP contribution >= 0.6 is 0 Å².